The molecule has 2 aromatic heterocycles. The Kier molecular flexibility index (Phi) is 3.67. The Bertz CT molecular complexity index is 540. The van der Waals surface area contributed by atoms with Gasteiger partial charge in [-0.25, -0.2) is 9.97 Å². The molecule has 1 saturated carbocycles. The molecule has 1 fully saturated rings. The predicted octanol–water partition coefficient (Wildman–Crippen LogP) is 3.43. The summed E-state index contributed by atoms with van der Waals surface area (Å²) in [7, 11) is 0. The van der Waals surface area contributed by atoms with Gasteiger partial charge in [-0.2, -0.15) is 0 Å². The van der Waals surface area contributed by atoms with E-state index >= 15 is 0 Å². The van der Waals surface area contributed by atoms with Gasteiger partial charge in [0, 0.05) is 18.4 Å². The van der Waals surface area contributed by atoms with Crippen molar-refractivity contribution >= 4 is 11.6 Å². The van der Waals surface area contributed by atoms with Crippen LogP contribution in [0.4, 0.5) is 5.82 Å². The van der Waals surface area contributed by atoms with Crippen LogP contribution in [0.25, 0.3) is 5.78 Å². The van der Waals surface area contributed by atoms with E-state index in [0.717, 1.165) is 30.1 Å². The minimum Gasteiger partial charge on any atom is -0.367 e. The molecule has 0 bridgehead atoms. The van der Waals surface area contributed by atoms with E-state index in [1.54, 1.807) is 0 Å². The van der Waals surface area contributed by atoms with Gasteiger partial charge < -0.3 is 5.32 Å². The number of aromatic nitrogens is 3. The number of rotatable bonds is 4. The highest BCUT2D eigenvalue weighted by molar-refractivity contribution is 5.52. The first-order valence-corrected chi connectivity index (χ1v) is 7.47. The lowest BCUT2D eigenvalue weighted by Gasteiger charge is -2.24. The Hall–Kier alpha value is -1.58. The lowest BCUT2D eigenvalue weighted by molar-refractivity contribution is 0.461. The first-order chi connectivity index (χ1) is 9.38. The molecule has 0 aliphatic heterocycles. The SMILES string of the molecule is CCCc1nc2ncccn2c1NC1CCCCC1. The van der Waals surface area contributed by atoms with Crippen LogP contribution in [0.15, 0.2) is 18.5 Å². The van der Waals surface area contributed by atoms with Crippen LogP contribution >= 0.6 is 0 Å². The topological polar surface area (TPSA) is 42.2 Å². The number of anilines is 1. The minimum atomic E-state index is 0.601. The zero-order chi connectivity index (χ0) is 13.1. The van der Waals surface area contributed by atoms with Crippen molar-refractivity contribution < 1.29 is 0 Å². The average molecular weight is 258 g/mol. The van der Waals surface area contributed by atoms with Crippen molar-refractivity contribution in [2.75, 3.05) is 5.32 Å². The molecule has 4 nitrogen and oxygen atoms in total. The highest BCUT2D eigenvalue weighted by atomic mass is 15.2. The maximum atomic E-state index is 4.66. The molecule has 0 saturated heterocycles. The van der Waals surface area contributed by atoms with E-state index in [1.807, 2.05) is 12.3 Å². The van der Waals surface area contributed by atoms with E-state index in [4.69, 9.17) is 0 Å². The second-order valence-electron chi connectivity index (χ2n) is 5.43. The lowest BCUT2D eigenvalue weighted by atomic mass is 9.95. The average Bonchev–Trinajstić information content (AvgIpc) is 2.79. The van der Waals surface area contributed by atoms with Crippen LogP contribution < -0.4 is 5.32 Å². The number of imidazole rings is 1. The van der Waals surface area contributed by atoms with Crippen molar-refractivity contribution in [2.45, 2.75) is 57.9 Å². The molecule has 0 atom stereocenters. The minimum absolute atomic E-state index is 0.601. The summed E-state index contributed by atoms with van der Waals surface area (Å²) < 4.78 is 2.10. The molecule has 0 aromatic carbocycles. The maximum absolute atomic E-state index is 4.66. The molecular weight excluding hydrogens is 236 g/mol. The van der Waals surface area contributed by atoms with Crippen molar-refractivity contribution in [1.29, 1.82) is 0 Å². The standard InChI is InChI=1S/C15H22N4/c1-2-7-13-14(17-12-8-4-3-5-9-12)19-11-6-10-16-15(19)18-13/h6,10-12,17H,2-5,7-9H2,1H3. The maximum Gasteiger partial charge on any atom is 0.235 e. The fourth-order valence-corrected chi connectivity index (χ4v) is 2.94. The molecule has 1 N–H and O–H groups in total. The smallest absolute Gasteiger partial charge is 0.235 e. The third-order valence-electron chi connectivity index (χ3n) is 3.91. The molecule has 0 unspecified atom stereocenters. The summed E-state index contributed by atoms with van der Waals surface area (Å²) >= 11 is 0. The number of nitrogens with zero attached hydrogens (tertiary/aromatic N) is 3. The number of hydrogen-bond donors (Lipinski definition) is 1. The molecule has 1 aliphatic rings. The normalized spacial score (nSPS) is 16.9. The number of nitrogens with one attached hydrogen (secondary N) is 1. The van der Waals surface area contributed by atoms with Crippen LogP contribution in [0.5, 0.6) is 0 Å². The van der Waals surface area contributed by atoms with E-state index in [-0.39, 0.29) is 0 Å². The Labute approximate surface area is 114 Å². The molecule has 0 radical (unpaired) electrons. The van der Waals surface area contributed by atoms with Crippen molar-refractivity contribution in [3.05, 3.63) is 24.2 Å². The van der Waals surface area contributed by atoms with E-state index in [0.29, 0.717) is 6.04 Å². The van der Waals surface area contributed by atoms with Crippen molar-refractivity contribution in [1.82, 2.24) is 14.4 Å². The van der Waals surface area contributed by atoms with Crippen molar-refractivity contribution in [3.63, 3.8) is 0 Å². The predicted molar refractivity (Wildman–Crippen MR) is 77.5 cm³/mol. The van der Waals surface area contributed by atoms with Gasteiger partial charge in [-0.1, -0.05) is 32.6 Å². The van der Waals surface area contributed by atoms with Crippen LogP contribution in [0.1, 0.15) is 51.1 Å². The molecule has 1 aliphatic carbocycles. The molecule has 3 rings (SSSR count). The summed E-state index contributed by atoms with van der Waals surface area (Å²) in [4.78, 5) is 9.01. The first kappa shape index (κ1) is 12.5. The first-order valence-electron chi connectivity index (χ1n) is 7.47. The summed E-state index contributed by atoms with van der Waals surface area (Å²) in [6.07, 6.45) is 12.6. The van der Waals surface area contributed by atoms with Crippen molar-refractivity contribution in [2.24, 2.45) is 0 Å². The summed E-state index contributed by atoms with van der Waals surface area (Å²) in [5.41, 5.74) is 1.16. The Morgan fingerprint density at radius 3 is 2.95 bits per heavy atom. The second-order valence-corrected chi connectivity index (χ2v) is 5.43. The summed E-state index contributed by atoms with van der Waals surface area (Å²) in [6, 6.07) is 2.57. The van der Waals surface area contributed by atoms with Crippen LogP contribution in [0.2, 0.25) is 0 Å². The third kappa shape index (κ3) is 2.57. The molecule has 102 valence electrons. The van der Waals surface area contributed by atoms with E-state index in [1.165, 1.54) is 32.1 Å². The molecular formula is C15H22N4. The molecule has 4 heteroatoms. The van der Waals surface area contributed by atoms with E-state index < -0.39 is 0 Å². The highest BCUT2D eigenvalue weighted by Gasteiger charge is 2.18. The Balaban J connectivity index is 1.92. The van der Waals surface area contributed by atoms with Gasteiger partial charge in [0.15, 0.2) is 0 Å². The fraction of sp³-hybridized carbons (Fsp3) is 0.600. The summed E-state index contributed by atoms with van der Waals surface area (Å²) in [5, 5.41) is 3.72. The fourth-order valence-electron chi connectivity index (χ4n) is 2.94. The quantitative estimate of drug-likeness (QED) is 0.913. The number of hydrogen-bond acceptors (Lipinski definition) is 3. The third-order valence-corrected chi connectivity index (χ3v) is 3.91. The largest absolute Gasteiger partial charge is 0.367 e. The molecule has 0 spiro atoms. The van der Waals surface area contributed by atoms with Gasteiger partial charge in [-0.05, 0) is 25.3 Å². The Morgan fingerprint density at radius 1 is 1.32 bits per heavy atom. The Morgan fingerprint density at radius 2 is 2.16 bits per heavy atom. The van der Waals surface area contributed by atoms with E-state index in [2.05, 4.69) is 32.8 Å². The van der Waals surface area contributed by atoms with Gasteiger partial charge in [-0.15, -0.1) is 0 Å². The number of fused-ring (bicyclic) bond motifs is 1. The molecule has 19 heavy (non-hydrogen) atoms. The highest BCUT2D eigenvalue weighted by Crippen LogP contribution is 2.25. The monoisotopic (exact) mass is 258 g/mol. The second kappa shape index (κ2) is 5.59. The van der Waals surface area contributed by atoms with Crippen LogP contribution in [0.3, 0.4) is 0 Å². The van der Waals surface area contributed by atoms with Crippen molar-refractivity contribution in [3.8, 4) is 0 Å². The van der Waals surface area contributed by atoms with Crippen LogP contribution in [-0.2, 0) is 6.42 Å². The van der Waals surface area contributed by atoms with Crippen LogP contribution in [0, 0.1) is 0 Å². The van der Waals surface area contributed by atoms with Gasteiger partial charge >= 0.3 is 0 Å². The summed E-state index contributed by atoms with van der Waals surface area (Å²) in [5.74, 6) is 1.97. The molecule has 0 amide bonds. The van der Waals surface area contributed by atoms with Gasteiger partial charge in [0.1, 0.15) is 5.82 Å². The van der Waals surface area contributed by atoms with Gasteiger partial charge in [0.25, 0.3) is 0 Å². The lowest BCUT2D eigenvalue weighted by Crippen LogP contribution is -2.23. The zero-order valence-electron chi connectivity index (χ0n) is 11.6. The van der Waals surface area contributed by atoms with Gasteiger partial charge in [0.2, 0.25) is 5.78 Å². The molecule has 2 aromatic rings. The van der Waals surface area contributed by atoms with Gasteiger partial charge in [-0.3, -0.25) is 4.40 Å². The van der Waals surface area contributed by atoms with E-state index in [9.17, 15) is 0 Å². The molecule has 2 heterocycles. The van der Waals surface area contributed by atoms with Gasteiger partial charge in [0.05, 0.1) is 5.69 Å². The van der Waals surface area contributed by atoms with Crippen LogP contribution in [-0.4, -0.2) is 20.4 Å². The zero-order valence-corrected chi connectivity index (χ0v) is 11.6. The number of aryl methyl sites for hydroxylation is 1. The summed E-state index contributed by atoms with van der Waals surface area (Å²) in [6.45, 7) is 2.20.